The fraction of sp³-hybridized carbons (Fsp3) is 0.474. The lowest BCUT2D eigenvalue weighted by atomic mass is 10.0. The molecule has 2 amide bonds. The first-order valence-electron chi connectivity index (χ1n) is 8.51. The van der Waals surface area contributed by atoms with E-state index < -0.39 is 0 Å². The maximum absolute atomic E-state index is 12.4. The van der Waals surface area contributed by atoms with Gasteiger partial charge in [0.15, 0.2) is 0 Å². The second-order valence-corrected chi connectivity index (χ2v) is 6.44. The third-order valence-electron chi connectivity index (χ3n) is 4.67. The van der Waals surface area contributed by atoms with E-state index >= 15 is 0 Å². The normalized spacial score (nSPS) is 21.7. The van der Waals surface area contributed by atoms with Gasteiger partial charge < -0.3 is 10.2 Å². The van der Waals surface area contributed by atoms with E-state index in [0.717, 1.165) is 31.4 Å². The lowest BCUT2D eigenvalue weighted by Gasteiger charge is -2.25. The Hall–Kier alpha value is -2.10. The van der Waals surface area contributed by atoms with Crippen molar-refractivity contribution in [3.63, 3.8) is 0 Å². The Labute approximate surface area is 137 Å². The monoisotopic (exact) mass is 312 g/mol. The van der Waals surface area contributed by atoms with Crippen LogP contribution < -0.4 is 5.32 Å². The van der Waals surface area contributed by atoms with Crippen LogP contribution in [0.4, 0.5) is 0 Å². The average Bonchev–Trinajstić information content (AvgIpc) is 3.20. The van der Waals surface area contributed by atoms with Gasteiger partial charge in [0.25, 0.3) is 0 Å². The number of carbonyl (C=O) groups excluding carboxylic acids is 2. The fourth-order valence-corrected chi connectivity index (χ4v) is 3.39. The molecule has 2 unspecified atom stereocenters. The molecule has 0 spiro atoms. The topological polar surface area (TPSA) is 49.4 Å². The molecule has 4 heteroatoms. The number of carbonyl (C=O) groups is 2. The van der Waals surface area contributed by atoms with Gasteiger partial charge in [0, 0.05) is 25.9 Å². The Morgan fingerprint density at radius 3 is 2.78 bits per heavy atom. The molecular weight excluding hydrogens is 288 g/mol. The largest absolute Gasteiger partial charge is 0.347 e. The number of rotatable bonds is 6. The zero-order valence-electron chi connectivity index (χ0n) is 13.4. The zero-order chi connectivity index (χ0) is 16.1. The highest BCUT2D eigenvalue weighted by atomic mass is 16.2. The molecule has 1 aromatic carbocycles. The summed E-state index contributed by atoms with van der Waals surface area (Å²) in [5, 5.41) is 3.14. The third kappa shape index (κ3) is 4.21. The maximum Gasteiger partial charge on any atom is 0.222 e. The van der Waals surface area contributed by atoms with Crippen LogP contribution in [-0.2, 0) is 9.59 Å². The maximum atomic E-state index is 12.4. The third-order valence-corrected chi connectivity index (χ3v) is 4.67. The summed E-state index contributed by atoms with van der Waals surface area (Å²) in [4.78, 5) is 26.2. The highest BCUT2D eigenvalue weighted by Gasteiger charge is 2.25. The van der Waals surface area contributed by atoms with Gasteiger partial charge >= 0.3 is 0 Å². The Bertz CT molecular complexity index is 582. The van der Waals surface area contributed by atoms with Gasteiger partial charge in [-0.25, -0.2) is 0 Å². The summed E-state index contributed by atoms with van der Waals surface area (Å²) in [6, 6.07) is 9.81. The standard InChI is InChI=1S/C19H24N2O2/c22-18(13-15-7-4-5-8-15)20-17(16-9-2-1-3-10-16)14-21-12-6-11-19(21)23/h1-4,7,9-10,15,17H,5-6,8,11-14H2,(H,20,22). The van der Waals surface area contributed by atoms with Gasteiger partial charge in [-0.15, -0.1) is 0 Å². The summed E-state index contributed by atoms with van der Waals surface area (Å²) in [5.41, 5.74) is 1.06. The molecule has 4 nitrogen and oxygen atoms in total. The van der Waals surface area contributed by atoms with Gasteiger partial charge in [0.1, 0.15) is 0 Å². The number of nitrogens with zero attached hydrogens (tertiary/aromatic N) is 1. The van der Waals surface area contributed by atoms with Crippen molar-refractivity contribution in [1.29, 1.82) is 0 Å². The van der Waals surface area contributed by atoms with Gasteiger partial charge in [-0.1, -0.05) is 42.5 Å². The van der Waals surface area contributed by atoms with Crippen molar-refractivity contribution in [1.82, 2.24) is 10.2 Å². The molecule has 3 rings (SSSR count). The van der Waals surface area contributed by atoms with Crippen LogP contribution in [0, 0.1) is 5.92 Å². The lowest BCUT2D eigenvalue weighted by Crippen LogP contribution is -2.39. The van der Waals surface area contributed by atoms with Crippen LogP contribution in [0.25, 0.3) is 0 Å². The molecule has 0 radical (unpaired) electrons. The highest BCUT2D eigenvalue weighted by molar-refractivity contribution is 5.79. The van der Waals surface area contributed by atoms with E-state index in [9.17, 15) is 9.59 Å². The molecular formula is C19H24N2O2. The van der Waals surface area contributed by atoms with Crippen molar-refractivity contribution < 1.29 is 9.59 Å². The van der Waals surface area contributed by atoms with Crippen LogP contribution >= 0.6 is 0 Å². The molecule has 0 bridgehead atoms. The minimum atomic E-state index is -0.129. The van der Waals surface area contributed by atoms with Crippen LogP contribution in [-0.4, -0.2) is 29.8 Å². The molecule has 2 atom stereocenters. The van der Waals surface area contributed by atoms with Gasteiger partial charge in [0.05, 0.1) is 6.04 Å². The fourth-order valence-electron chi connectivity index (χ4n) is 3.39. The summed E-state index contributed by atoms with van der Waals surface area (Å²) in [6.07, 6.45) is 8.50. The van der Waals surface area contributed by atoms with Gasteiger partial charge in [-0.05, 0) is 30.7 Å². The molecule has 1 aromatic rings. The van der Waals surface area contributed by atoms with Crippen molar-refractivity contribution in [2.75, 3.05) is 13.1 Å². The quantitative estimate of drug-likeness (QED) is 0.821. The first-order valence-corrected chi connectivity index (χ1v) is 8.51. The van der Waals surface area contributed by atoms with Crippen molar-refractivity contribution in [3.05, 3.63) is 48.0 Å². The van der Waals surface area contributed by atoms with Crippen molar-refractivity contribution in [2.24, 2.45) is 5.92 Å². The minimum Gasteiger partial charge on any atom is -0.347 e. The number of allylic oxidation sites excluding steroid dienone is 2. The average molecular weight is 312 g/mol. The molecule has 122 valence electrons. The van der Waals surface area contributed by atoms with E-state index in [-0.39, 0.29) is 17.9 Å². The Morgan fingerprint density at radius 1 is 1.30 bits per heavy atom. The van der Waals surface area contributed by atoms with Crippen LogP contribution in [0.2, 0.25) is 0 Å². The van der Waals surface area contributed by atoms with Crippen molar-refractivity contribution in [2.45, 2.75) is 38.1 Å². The van der Waals surface area contributed by atoms with Crippen LogP contribution in [0.3, 0.4) is 0 Å². The predicted molar refractivity (Wildman–Crippen MR) is 89.6 cm³/mol. The predicted octanol–water partition coefficient (Wildman–Crippen LogP) is 2.82. The summed E-state index contributed by atoms with van der Waals surface area (Å²) in [6.45, 7) is 1.36. The summed E-state index contributed by atoms with van der Waals surface area (Å²) in [7, 11) is 0. The minimum absolute atomic E-state index is 0.0713. The van der Waals surface area contributed by atoms with Crippen molar-refractivity contribution in [3.8, 4) is 0 Å². The number of nitrogens with one attached hydrogen (secondary N) is 1. The van der Waals surface area contributed by atoms with E-state index in [4.69, 9.17) is 0 Å². The molecule has 0 aromatic heterocycles. The lowest BCUT2D eigenvalue weighted by molar-refractivity contribution is -0.129. The second kappa shape index (κ2) is 7.44. The molecule has 23 heavy (non-hydrogen) atoms. The second-order valence-electron chi connectivity index (χ2n) is 6.44. The van der Waals surface area contributed by atoms with Gasteiger partial charge in [-0.2, -0.15) is 0 Å². The van der Waals surface area contributed by atoms with Crippen LogP contribution in [0.5, 0.6) is 0 Å². The van der Waals surface area contributed by atoms with E-state index in [2.05, 4.69) is 17.5 Å². The molecule has 0 saturated carbocycles. The number of benzene rings is 1. The number of likely N-dealkylation sites (tertiary alicyclic amines) is 1. The zero-order valence-corrected chi connectivity index (χ0v) is 13.4. The van der Waals surface area contributed by atoms with Gasteiger partial charge in [0.2, 0.25) is 11.8 Å². The molecule has 1 heterocycles. The summed E-state index contributed by atoms with van der Waals surface area (Å²) in [5.74, 6) is 0.626. The van der Waals surface area contributed by atoms with E-state index in [1.165, 1.54) is 0 Å². The molecule has 1 aliphatic heterocycles. The summed E-state index contributed by atoms with van der Waals surface area (Å²) < 4.78 is 0. The molecule has 1 aliphatic carbocycles. The first-order chi connectivity index (χ1) is 11.2. The van der Waals surface area contributed by atoms with Crippen LogP contribution in [0.1, 0.15) is 43.7 Å². The van der Waals surface area contributed by atoms with Crippen LogP contribution in [0.15, 0.2) is 42.5 Å². The number of amides is 2. The molecule has 1 N–H and O–H groups in total. The molecule has 1 saturated heterocycles. The van der Waals surface area contributed by atoms with Gasteiger partial charge in [-0.3, -0.25) is 9.59 Å². The Morgan fingerprint density at radius 2 is 2.13 bits per heavy atom. The Balaban J connectivity index is 1.65. The van der Waals surface area contributed by atoms with E-state index in [1.807, 2.05) is 35.2 Å². The number of hydrogen-bond donors (Lipinski definition) is 1. The smallest absolute Gasteiger partial charge is 0.222 e. The van der Waals surface area contributed by atoms with Crippen molar-refractivity contribution >= 4 is 11.8 Å². The first kappa shape index (κ1) is 15.8. The SMILES string of the molecule is O=C(CC1C=CCC1)NC(CN1CCCC1=O)c1ccccc1. The number of hydrogen-bond acceptors (Lipinski definition) is 2. The highest BCUT2D eigenvalue weighted by Crippen LogP contribution is 2.22. The van der Waals surface area contributed by atoms with E-state index in [1.54, 1.807) is 0 Å². The summed E-state index contributed by atoms with van der Waals surface area (Å²) >= 11 is 0. The van der Waals surface area contributed by atoms with E-state index in [0.29, 0.717) is 25.3 Å². The molecule has 1 fully saturated rings. The molecule has 2 aliphatic rings. The Kier molecular flexibility index (Phi) is 5.11.